The van der Waals surface area contributed by atoms with Crippen LogP contribution in [-0.4, -0.2) is 50.0 Å². The molecule has 0 heterocycles. The Kier molecular flexibility index (Phi) is 10.8. The molecule has 2 aromatic rings. The van der Waals surface area contributed by atoms with Crippen molar-refractivity contribution >= 4 is 50.7 Å². The fraction of sp³-hybridized carbons (Fsp3) is 0.481. The van der Waals surface area contributed by atoms with E-state index in [1.54, 1.807) is 24.3 Å². The number of amides is 2. The number of hydrogen-bond donors (Lipinski definition) is 1. The van der Waals surface area contributed by atoms with Gasteiger partial charge in [0.15, 0.2) is 0 Å². The first-order chi connectivity index (χ1) is 18.0. The van der Waals surface area contributed by atoms with Gasteiger partial charge in [0.05, 0.1) is 11.9 Å². The number of rotatable bonds is 12. The Morgan fingerprint density at radius 2 is 1.71 bits per heavy atom. The lowest BCUT2D eigenvalue weighted by Gasteiger charge is -2.32. The van der Waals surface area contributed by atoms with Gasteiger partial charge in [-0.15, -0.1) is 0 Å². The van der Waals surface area contributed by atoms with Crippen molar-refractivity contribution in [3.63, 3.8) is 0 Å². The lowest BCUT2D eigenvalue weighted by molar-refractivity contribution is -0.141. The second-order valence-corrected chi connectivity index (χ2v) is 12.2. The molecule has 1 atom stereocenters. The standard InChI is InChI=1S/C27H34Cl2FN3O4S/c1-3-24(27(35)31-19-10-4-5-11-19)32(18-20-21(28)12-8-13-22(20)29)26(34)16-9-17-33(38(2,36)37)25-15-7-6-14-23(25)30/h6-8,12-15,19,24H,3-5,9-11,16-18H2,1-2H3,(H,31,35)/t24-/m1/s1. The van der Waals surface area contributed by atoms with Crippen LogP contribution in [0.1, 0.15) is 57.4 Å². The number of anilines is 1. The third-order valence-electron chi connectivity index (χ3n) is 6.75. The Morgan fingerprint density at radius 3 is 2.29 bits per heavy atom. The van der Waals surface area contributed by atoms with Crippen LogP contribution in [0.3, 0.4) is 0 Å². The van der Waals surface area contributed by atoms with Crippen LogP contribution in [0.4, 0.5) is 10.1 Å². The fourth-order valence-electron chi connectivity index (χ4n) is 4.78. The minimum atomic E-state index is -3.80. The van der Waals surface area contributed by atoms with Crippen LogP contribution in [0.2, 0.25) is 10.0 Å². The normalized spacial score (nSPS) is 14.8. The molecule has 1 saturated carbocycles. The number of carbonyl (C=O) groups excluding carboxylic acids is 2. The number of carbonyl (C=O) groups is 2. The Labute approximate surface area is 234 Å². The van der Waals surface area contributed by atoms with Gasteiger partial charge in [-0.05, 0) is 49.9 Å². The third-order valence-corrected chi connectivity index (χ3v) is 8.64. The molecule has 1 fully saturated rings. The van der Waals surface area contributed by atoms with Gasteiger partial charge in [0.2, 0.25) is 21.8 Å². The molecule has 2 aromatic carbocycles. The van der Waals surface area contributed by atoms with E-state index >= 15 is 0 Å². The summed E-state index contributed by atoms with van der Waals surface area (Å²) < 4.78 is 40.1. The highest BCUT2D eigenvalue weighted by molar-refractivity contribution is 7.92. The van der Waals surface area contributed by atoms with Crippen LogP contribution in [0.15, 0.2) is 42.5 Å². The van der Waals surface area contributed by atoms with E-state index in [1.165, 1.54) is 23.1 Å². The first-order valence-electron chi connectivity index (χ1n) is 12.8. The van der Waals surface area contributed by atoms with Crippen LogP contribution < -0.4 is 9.62 Å². The number of sulfonamides is 1. The zero-order valence-corrected chi connectivity index (χ0v) is 24.0. The second-order valence-electron chi connectivity index (χ2n) is 9.53. The van der Waals surface area contributed by atoms with Crippen molar-refractivity contribution in [2.45, 2.75) is 70.5 Å². The molecule has 0 bridgehead atoms. The first kappa shape index (κ1) is 30.2. The molecule has 3 rings (SSSR count). The van der Waals surface area contributed by atoms with Gasteiger partial charge in [0.1, 0.15) is 11.9 Å². The van der Waals surface area contributed by atoms with E-state index in [-0.39, 0.29) is 49.5 Å². The molecule has 0 aromatic heterocycles. The third kappa shape index (κ3) is 7.83. The SMILES string of the molecule is CC[C@H](C(=O)NC1CCCC1)N(Cc1c(Cl)cccc1Cl)C(=O)CCCN(c1ccccc1F)S(C)(=O)=O. The van der Waals surface area contributed by atoms with Crippen molar-refractivity contribution in [1.29, 1.82) is 0 Å². The zero-order valence-electron chi connectivity index (χ0n) is 21.6. The Balaban J connectivity index is 1.81. The fourth-order valence-corrected chi connectivity index (χ4v) is 6.26. The zero-order chi connectivity index (χ0) is 27.9. The predicted octanol–water partition coefficient (Wildman–Crippen LogP) is 5.54. The van der Waals surface area contributed by atoms with Crippen LogP contribution in [0, 0.1) is 5.82 Å². The molecule has 0 saturated heterocycles. The van der Waals surface area contributed by atoms with Gasteiger partial charge in [-0.2, -0.15) is 0 Å². The minimum Gasteiger partial charge on any atom is -0.352 e. The summed E-state index contributed by atoms with van der Waals surface area (Å²) in [7, 11) is -3.80. The van der Waals surface area contributed by atoms with Crippen LogP contribution >= 0.6 is 23.2 Å². The topological polar surface area (TPSA) is 86.8 Å². The summed E-state index contributed by atoms with van der Waals surface area (Å²) in [6.07, 6.45) is 5.35. The smallest absolute Gasteiger partial charge is 0.243 e. The van der Waals surface area contributed by atoms with E-state index < -0.39 is 21.9 Å². The number of benzene rings is 2. The molecule has 208 valence electrons. The predicted molar refractivity (Wildman–Crippen MR) is 149 cm³/mol. The lowest BCUT2D eigenvalue weighted by atomic mass is 10.1. The number of nitrogens with one attached hydrogen (secondary N) is 1. The van der Waals surface area contributed by atoms with Gasteiger partial charge in [-0.1, -0.05) is 61.2 Å². The van der Waals surface area contributed by atoms with Crippen LogP contribution in [0.5, 0.6) is 0 Å². The van der Waals surface area contributed by atoms with E-state index in [2.05, 4.69) is 5.32 Å². The summed E-state index contributed by atoms with van der Waals surface area (Å²) in [5, 5.41) is 3.83. The highest BCUT2D eigenvalue weighted by Gasteiger charge is 2.31. The van der Waals surface area contributed by atoms with Gasteiger partial charge in [0.25, 0.3) is 0 Å². The van der Waals surface area contributed by atoms with Crippen LogP contribution in [-0.2, 0) is 26.2 Å². The average molecular weight is 587 g/mol. The molecule has 0 aliphatic heterocycles. The van der Waals surface area contributed by atoms with E-state index in [0.717, 1.165) is 36.2 Å². The minimum absolute atomic E-state index is 0.0248. The molecule has 1 N–H and O–H groups in total. The number of para-hydroxylation sites is 1. The lowest BCUT2D eigenvalue weighted by Crippen LogP contribution is -2.51. The average Bonchev–Trinajstić information content (AvgIpc) is 3.36. The highest BCUT2D eigenvalue weighted by atomic mass is 35.5. The van der Waals surface area contributed by atoms with Crippen molar-refractivity contribution in [2.75, 3.05) is 17.1 Å². The van der Waals surface area contributed by atoms with Crippen molar-refractivity contribution in [2.24, 2.45) is 0 Å². The summed E-state index contributed by atoms with van der Waals surface area (Å²) in [6, 6.07) is 9.95. The van der Waals surface area contributed by atoms with Crippen molar-refractivity contribution in [1.82, 2.24) is 10.2 Å². The largest absolute Gasteiger partial charge is 0.352 e. The number of nitrogens with zero attached hydrogens (tertiary/aromatic N) is 2. The van der Waals surface area contributed by atoms with Crippen molar-refractivity contribution < 1.29 is 22.4 Å². The number of halogens is 3. The monoisotopic (exact) mass is 585 g/mol. The molecular weight excluding hydrogens is 552 g/mol. The molecule has 2 amide bonds. The molecule has 0 radical (unpaired) electrons. The van der Waals surface area contributed by atoms with Gasteiger partial charge in [-0.3, -0.25) is 13.9 Å². The molecule has 0 spiro atoms. The molecule has 7 nitrogen and oxygen atoms in total. The van der Waals surface area contributed by atoms with Gasteiger partial charge < -0.3 is 10.2 Å². The Bertz CT molecular complexity index is 1220. The summed E-state index contributed by atoms with van der Waals surface area (Å²) in [4.78, 5) is 28.3. The van der Waals surface area contributed by atoms with Crippen molar-refractivity contribution in [3.8, 4) is 0 Å². The first-order valence-corrected chi connectivity index (χ1v) is 15.4. The quantitative estimate of drug-likeness (QED) is 0.354. The maximum atomic E-state index is 14.4. The molecule has 11 heteroatoms. The number of hydrogen-bond acceptors (Lipinski definition) is 4. The maximum absolute atomic E-state index is 14.4. The Morgan fingerprint density at radius 1 is 1.08 bits per heavy atom. The summed E-state index contributed by atoms with van der Waals surface area (Å²) in [5.74, 6) is -1.26. The van der Waals surface area contributed by atoms with Gasteiger partial charge in [0, 0.05) is 41.2 Å². The van der Waals surface area contributed by atoms with E-state index in [4.69, 9.17) is 23.2 Å². The Hall–Kier alpha value is -2.36. The highest BCUT2D eigenvalue weighted by Crippen LogP contribution is 2.28. The van der Waals surface area contributed by atoms with Gasteiger partial charge in [-0.25, -0.2) is 12.8 Å². The molecule has 38 heavy (non-hydrogen) atoms. The van der Waals surface area contributed by atoms with Crippen molar-refractivity contribution in [3.05, 3.63) is 63.9 Å². The van der Waals surface area contributed by atoms with E-state index in [1.807, 2.05) is 6.92 Å². The summed E-state index contributed by atoms with van der Waals surface area (Å²) in [5.41, 5.74) is 0.449. The van der Waals surface area contributed by atoms with Crippen LogP contribution in [0.25, 0.3) is 0 Å². The molecule has 1 aliphatic carbocycles. The molecular formula is C27H34Cl2FN3O4S. The van der Waals surface area contributed by atoms with E-state index in [0.29, 0.717) is 22.0 Å². The summed E-state index contributed by atoms with van der Waals surface area (Å²) >= 11 is 12.8. The second kappa shape index (κ2) is 13.6. The molecule has 1 aliphatic rings. The summed E-state index contributed by atoms with van der Waals surface area (Å²) in [6.45, 7) is 1.76. The maximum Gasteiger partial charge on any atom is 0.243 e. The van der Waals surface area contributed by atoms with Gasteiger partial charge >= 0.3 is 0 Å². The molecule has 0 unspecified atom stereocenters. The van der Waals surface area contributed by atoms with E-state index in [9.17, 15) is 22.4 Å².